The lowest BCUT2D eigenvalue weighted by atomic mass is 9.58. The molecule has 0 amide bonds. The predicted octanol–water partition coefficient (Wildman–Crippen LogP) is 1.94. The molecule has 2 aliphatic rings. The highest BCUT2D eigenvalue weighted by Crippen LogP contribution is 2.50. The molecule has 1 saturated heterocycles. The third kappa shape index (κ3) is 1.62. The first-order valence-electron chi connectivity index (χ1n) is 5.33. The van der Waals surface area contributed by atoms with Crippen molar-refractivity contribution in [2.45, 2.75) is 58.3 Å². The number of nitrogens with one attached hydrogen (secondary N) is 1. The van der Waals surface area contributed by atoms with Gasteiger partial charge in [0.05, 0.1) is 11.7 Å². The number of ether oxygens (including phenoxy) is 1. The van der Waals surface area contributed by atoms with Crippen molar-refractivity contribution in [2.75, 3.05) is 6.54 Å². The first-order chi connectivity index (χ1) is 5.91. The van der Waals surface area contributed by atoms with Gasteiger partial charge < -0.3 is 10.1 Å². The van der Waals surface area contributed by atoms with E-state index in [1.54, 1.807) is 0 Å². The van der Waals surface area contributed by atoms with Gasteiger partial charge >= 0.3 is 0 Å². The molecule has 0 radical (unpaired) electrons. The highest BCUT2D eigenvalue weighted by molar-refractivity contribution is 5.08. The van der Waals surface area contributed by atoms with Crippen molar-refractivity contribution in [2.24, 2.45) is 5.41 Å². The van der Waals surface area contributed by atoms with Crippen LogP contribution in [0.25, 0.3) is 0 Å². The van der Waals surface area contributed by atoms with Gasteiger partial charge in [-0.25, -0.2) is 0 Å². The van der Waals surface area contributed by atoms with E-state index in [0.29, 0.717) is 17.6 Å². The minimum Gasteiger partial charge on any atom is -0.373 e. The first-order valence-corrected chi connectivity index (χ1v) is 5.33. The Kier molecular flexibility index (Phi) is 1.97. The molecule has 1 spiro atoms. The minimum absolute atomic E-state index is 0.0344. The largest absolute Gasteiger partial charge is 0.373 e. The zero-order valence-electron chi connectivity index (χ0n) is 9.18. The van der Waals surface area contributed by atoms with Crippen LogP contribution in [0.15, 0.2) is 0 Å². The summed E-state index contributed by atoms with van der Waals surface area (Å²) in [6.45, 7) is 9.91. The molecule has 2 fully saturated rings. The number of hydrogen-bond donors (Lipinski definition) is 1. The number of hydrogen-bond acceptors (Lipinski definition) is 2. The standard InChI is InChI=1S/C11H21NO/c1-8-11(7-12-8)5-9(6-11)13-10(2,3)4/h8-9,12H,5-7H2,1-4H3. The maximum Gasteiger partial charge on any atom is 0.0602 e. The van der Waals surface area contributed by atoms with Crippen LogP contribution >= 0.6 is 0 Å². The molecule has 2 rings (SSSR count). The second-order valence-corrected chi connectivity index (χ2v) is 5.73. The minimum atomic E-state index is 0.0344. The van der Waals surface area contributed by atoms with Crippen molar-refractivity contribution in [1.29, 1.82) is 0 Å². The Labute approximate surface area is 81.0 Å². The van der Waals surface area contributed by atoms with E-state index in [0.717, 1.165) is 0 Å². The third-order valence-corrected chi connectivity index (χ3v) is 3.47. The Morgan fingerprint density at radius 2 is 1.92 bits per heavy atom. The summed E-state index contributed by atoms with van der Waals surface area (Å²) in [5.74, 6) is 0. The van der Waals surface area contributed by atoms with Gasteiger partial charge in [0.25, 0.3) is 0 Å². The van der Waals surface area contributed by atoms with Crippen LogP contribution in [0, 0.1) is 5.41 Å². The lowest BCUT2D eigenvalue weighted by Crippen LogP contribution is -2.68. The van der Waals surface area contributed by atoms with Crippen LogP contribution < -0.4 is 5.32 Å². The van der Waals surface area contributed by atoms with E-state index in [4.69, 9.17) is 4.74 Å². The Bertz CT molecular complexity index is 201. The fourth-order valence-corrected chi connectivity index (χ4v) is 2.52. The highest BCUT2D eigenvalue weighted by atomic mass is 16.5. The van der Waals surface area contributed by atoms with Crippen LogP contribution in [0.5, 0.6) is 0 Å². The van der Waals surface area contributed by atoms with E-state index in [1.807, 2.05) is 0 Å². The summed E-state index contributed by atoms with van der Waals surface area (Å²) in [6.07, 6.45) is 3.04. The molecular formula is C11H21NO. The van der Waals surface area contributed by atoms with Gasteiger partial charge in [0.2, 0.25) is 0 Å². The monoisotopic (exact) mass is 183 g/mol. The van der Waals surface area contributed by atoms with Gasteiger partial charge in [-0.05, 0) is 40.5 Å². The predicted molar refractivity (Wildman–Crippen MR) is 53.8 cm³/mol. The molecule has 13 heavy (non-hydrogen) atoms. The average molecular weight is 183 g/mol. The van der Waals surface area contributed by atoms with Crippen LogP contribution in [-0.2, 0) is 4.74 Å². The van der Waals surface area contributed by atoms with Crippen LogP contribution in [-0.4, -0.2) is 24.3 Å². The second kappa shape index (κ2) is 2.71. The molecule has 76 valence electrons. The van der Waals surface area contributed by atoms with Crippen molar-refractivity contribution in [3.63, 3.8) is 0 Å². The summed E-state index contributed by atoms with van der Waals surface area (Å²) < 4.78 is 5.93. The second-order valence-electron chi connectivity index (χ2n) is 5.73. The van der Waals surface area contributed by atoms with Gasteiger partial charge in [0.1, 0.15) is 0 Å². The molecule has 2 heteroatoms. The zero-order chi connectivity index (χ0) is 9.69. The fourth-order valence-electron chi connectivity index (χ4n) is 2.52. The Morgan fingerprint density at radius 1 is 1.31 bits per heavy atom. The van der Waals surface area contributed by atoms with Crippen molar-refractivity contribution in [1.82, 2.24) is 5.32 Å². The van der Waals surface area contributed by atoms with Crippen LogP contribution in [0.4, 0.5) is 0 Å². The summed E-state index contributed by atoms with van der Waals surface area (Å²) in [7, 11) is 0. The molecule has 1 atom stereocenters. The highest BCUT2D eigenvalue weighted by Gasteiger charge is 2.54. The molecule has 1 unspecified atom stereocenters. The molecule has 1 saturated carbocycles. The average Bonchev–Trinajstić information content (AvgIpc) is 1.90. The van der Waals surface area contributed by atoms with Crippen LogP contribution in [0.2, 0.25) is 0 Å². The van der Waals surface area contributed by atoms with E-state index in [1.165, 1.54) is 19.4 Å². The Balaban J connectivity index is 1.79. The Hall–Kier alpha value is -0.0800. The van der Waals surface area contributed by atoms with E-state index >= 15 is 0 Å². The SMILES string of the molecule is CC1NCC12CC(OC(C)(C)C)C2. The molecule has 0 bridgehead atoms. The van der Waals surface area contributed by atoms with E-state index in [-0.39, 0.29) is 5.60 Å². The quantitative estimate of drug-likeness (QED) is 0.671. The zero-order valence-corrected chi connectivity index (χ0v) is 9.18. The maximum absolute atomic E-state index is 5.93. The van der Waals surface area contributed by atoms with Crippen molar-refractivity contribution >= 4 is 0 Å². The summed E-state index contributed by atoms with van der Waals surface area (Å²) >= 11 is 0. The van der Waals surface area contributed by atoms with Crippen LogP contribution in [0.3, 0.4) is 0 Å². The lowest BCUT2D eigenvalue weighted by molar-refractivity contribution is -0.170. The molecule has 1 N–H and O–H groups in total. The van der Waals surface area contributed by atoms with Gasteiger partial charge in [0, 0.05) is 18.0 Å². The summed E-state index contributed by atoms with van der Waals surface area (Å²) in [6, 6.07) is 0.715. The van der Waals surface area contributed by atoms with Gasteiger partial charge in [-0.1, -0.05) is 0 Å². The smallest absolute Gasteiger partial charge is 0.0602 e. The number of rotatable bonds is 1. The molecular weight excluding hydrogens is 162 g/mol. The van der Waals surface area contributed by atoms with Gasteiger partial charge in [-0.3, -0.25) is 0 Å². The maximum atomic E-state index is 5.93. The van der Waals surface area contributed by atoms with E-state index in [9.17, 15) is 0 Å². The van der Waals surface area contributed by atoms with E-state index < -0.39 is 0 Å². The normalized spacial score (nSPS) is 44.3. The molecule has 0 aromatic carbocycles. The molecule has 0 aromatic rings. The van der Waals surface area contributed by atoms with Gasteiger partial charge in [0.15, 0.2) is 0 Å². The Morgan fingerprint density at radius 3 is 2.23 bits per heavy atom. The van der Waals surface area contributed by atoms with E-state index in [2.05, 4.69) is 33.0 Å². The summed E-state index contributed by atoms with van der Waals surface area (Å²) in [5.41, 5.74) is 0.641. The van der Waals surface area contributed by atoms with Crippen molar-refractivity contribution < 1.29 is 4.74 Å². The first kappa shape index (κ1) is 9.47. The molecule has 1 aliphatic carbocycles. The summed E-state index contributed by atoms with van der Waals surface area (Å²) in [4.78, 5) is 0. The molecule has 0 aromatic heterocycles. The topological polar surface area (TPSA) is 21.3 Å². The lowest BCUT2D eigenvalue weighted by Gasteiger charge is -2.59. The van der Waals surface area contributed by atoms with Gasteiger partial charge in [-0.2, -0.15) is 0 Å². The van der Waals surface area contributed by atoms with Crippen molar-refractivity contribution in [3.05, 3.63) is 0 Å². The molecule has 1 aliphatic heterocycles. The summed E-state index contributed by atoms with van der Waals surface area (Å²) in [5, 5.41) is 3.43. The molecule has 2 nitrogen and oxygen atoms in total. The fraction of sp³-hybridized carbons (Fsp3) is 1.00. The van der Waals surface area contributed by atoms with Gasteiger partial charge in [-0.15, -0.1) is 0 Å². The van der Waals surface area contributed by atoms with Crippen LogP contribution in [0.1, 0.15) is 40.5 Å². The molecule has 1 heterocycles. The van der Waals surface area contributed by atoms with Crippen molar-refractivity contribution in [3.8, 4) is 0 Å². The third-order valence-electron chi connectivity index (χ3n) is 3.47.